The Bertz CT molecular complexity index is 628. The number of aromatic nitrogens is 4. The third-order valence-electron chi connectivity index (χ3n) is 4.80. The van der Waals surface area contributed by atoms with Gasteiger partial charge in [0.15, 0.2) is 5.82 Å². The molecule has 2 heterocycles. The molecule has 5 nitrogen and oxygen atoms in total. The third-order valence-corrected chi connectivity index (χ3v) is 4.80. The van der Waals surface area contributed by atoms with E-state index in [-0.39, 0.29) is 12.4 Å². The molecular weight excluding hydrogens is 298 g/mol. The standard InChI is InChI=1S/C16H23N5.ClH/c1-2-9-21-15-13(18-14(20-15)11-7-8-11)12(19-16(21)17)10-5-3-4-6-10;/h10-11H,2-9H2,1H3,(H2,17,19);1H. The van der Waals surface area contributed by atoms with E-state index < -0.39 is 0 Å². The Morgan fingerprint density at radius 3 is 2.41 bits per heavy atom. The second kappa shape index (κ2) is 6.03. The zero-order chi connectivity index (χ0) is 14.4. The summed E-state index contributed by atoms with van der Waals surface area (Å²) in [6, 6.07) is 0. The van der Waals surface area contributed by atoms with Gasteiger partial charge in [0.25, 0.3) is 0 Å². The minimum absolute atomic E-state index is 0. The third kappa shape index (κ3) is 2.56. The number of nitrogens with two attached hydrogens (primary N) is 1. The fourth-order valence-electron chi connectivity index (χ4n) is 3.51. The van der Waals surface area contributed by atoms with E-state index in [0.29, 0.717) is 17.8 Å². The SMILES string of the molecule is CCCn1c(N)nc(C2CCCC2)c2nc(C3CC3)nc1-2.Cl. The normalized spacial score (nSPS) is 18.8. The summed E-state index contributed by atoms with van der Waals surface area (Å²) < 4.78 is 2.05. The van der Waals surface area contributed by atoms with Crippen LogP contribution in [-0.2, 0) is 6.54 Å². The number of imidazole rings is 1. The number of nitrogens with zero attached hydrogens (tertiary/aromatic N) is 4. The van der Waals surface area contributed by atoms with Crippen molar-refractivity contribution in [1.29, 1.82) is 0 Å². The van der Waals surface area contributed by atoms with Crippen molar-refractivity contribution in [2.75, 3.05) is 5.73 Å². The summed E-state index contributed by atoms with van der Waals surface area (Å²) in [5.41, 5.74) is 8.35. The highest BCUT2D eigenvalue weighted by Crippen LogP contribution is 2.43. The molecule has 0 aromatic rings. The molecule has 0 unspecified atom stereocenters. The highest BCUT2D eigenvalue weighted by Gasteiger charge is 2.33. The molecule has 2 fully saturated rings. The number of hydrogen-bond acceptors (Lipinski definition) is 4. The number of anilines is 1. The van der Waals surface area contributed by atoms with Crippen molar-refractivity contribution in [3.63, 3.8) is 0 Å². The van der Waals surface area contributed by atoms with E-state index in [4.69, 9.17) is 20.7 Å². The van der Waals surface area contributed by atoms with Crippen LogP contribution >= 0.6 is 12.4 Å². The first-order valence-electron chi connectivity index (χ1n) is 8.31. The Hall–Kier alpha value is -1.36. The van der Waals surface area contributed by atoms with Gasteiger partial charge in [-0.25, -0.2) is 15.0 Å². The highest BCUT2D eigenvalue weighted by molar-refractivity contribution is 5.85. The predicted octanol–water partition coefficient (Wildman–Crippen LogP) is 3.73. The maximum atomic E-state index is 6.23. The lowest BCUT2D eigenvalue weighted by Gasteiger charge is -2.18. The van der Waals surface area contributed by atoms with Crippen LogP contribution in [0.15, 0.2) is 0 Å². The lowest BCUT2D eigenvalue weighted by molar-refractivity contribution is 0.642. The van der Waals surface area contributed by atoms with Crippen molar-refractivity contribution in [2.45, 2.75) is 70.3 Å². The van der Waals surface area contributed by atoms with Crippen LogP contribution in [0.4, 0.5) is 5.95 Å². The summed E-state index contributed by atoms with van der Waals surface area (Å²) in [7, 11) is 0. The Morgan fingerprint density at radius 1 is 1.05 bits per heavy atom. The molecule has 2 aliphatic heterocycles. The largest absolute Gasteiger partial charge is 0.369 e. The van der Waals surface area contributed by atoms with Gasteiger partial charge in [0.2, 0.25) is 5.95 Å². The van der Waals surface area contributed by atoms with Gasteiger partial charge in [-0.1, -0.05) is 19.8 Å². The molecule has 120 valence electrons. The number of halogens is 1. The predicted molar refractivity (Wildman–Crippen MR) is 89.6 cm³/mol. The molecule has 4 aliphatic rings. The molecule has 0 radical (unpaired) electrons. The lowest BCUT2D eigenvalue weighted by Crippen LogP contribution is -2.15. The molecule has 2 aliphatic carbocycles. The van der Waals surface area contributed by atoms with Gasteiger partial charge >= 0.3 is 0 Å². The van der Waals surface area contributed by atoms with Crippen LogP contribution in [0.1, 0.15) is 75.2 Å². The Labute approximate surface area is 137 Å². The first-order valence-corrected chi connectivity index (χ1v) is 8.31. The molecule has 4 rings (SSSR count). The van der Waals surface area contributed by atoms with Gasteiger partial charge in [-0.3, -0.25) is 4.57 Å². The number of nitrogen functional groups attached to an aromatic ring is 1. The zero-order valence-electron chi connectivity index (χ0n) is 13.1. The molecule has 0 bridgehead atoms. The quantitative estimate of drug-likeness (QED) is 0.931. The van der Waals surface area contributed by atoms with Gasteiger partial charge in [0.1, 0.15) is 11.5 Å². The molecule has 6 heteroatoms. The Kier molecular flexibility index (Phi) is 4.26. The highest BCUT2D eigenvalue weighted by atomic mass is 35.5. The summed E-state index contributed by atoms with van der Waals surface area (Å²) in [6.45, 7) is 3.02. The van der Waals surface area contributed by atoms with Gasteiger partial charge in [-0.2, -0.15) is 0 Å². The summed E-state index contributed by atoms with van der Waals surface area (Å²) in [5, 5.41) is 0. The first-order chi connectivity index (χ1) is 10.3. The van der Waals surface area contributed by atoms with E-state index in [9.17, 15) is 0 Å². The summed E-state index contributed by atoms with van der Waals surface area (Å²) in [4.78, 5) is 14.4. The van der Waals surface area contributed by atoms with Gasteiger partial charge in [-0.15, -0.1) is 12.4 Å². The molecule has 0 amide bonds. The van der Waals surface area contributed by atoms with Crippen LogP contribution in [0.25, 0.3) is 11.5 Å². The number of rotatable bonds is 4. The van der Waals surface area contributed by atoms with E-state index in [1.165, 1.54) is 38.5 Å². The molecule has 22 heavy (non-hydrogen) atoms. The van der Waals surface area contributed by atoms with Crippen molar-refractivity contribution in [3.8, 4) is 11.5 Å². The molecule has 0 aromatic heterocycles. The topological polar surface area (TPSA) is 69.6 Å². The van der Waals surface area contributed by atoms with Crippen LogP contribution in [0.5, 0.6) is 0 Å². The minimum Gasteiger partial charge on any atom is -0.369 e. The van der Waals surface area contributed by atoms with Crippen LogP contribution in [0, 0.1) is 0 Å². The fraction of sp³-hybridized carbons (Fsp3) is 0.688. The Morgan fingerprint density at radius 2 is 1.77 bits per heavy atom. The summed E-state index contributed by atoms with van der Waals surface area (Å²) in [6.07, 6.45) is 8.50. The zero-order valence-corrected chi connectivity index (χ0v) is 13.9. The van der Waals surface area contributed by atoms with Crippen molar-refractivity contribution >= 4 is 18.4 Å². The van der Waals surface area contributed by atoms with E-state index in [0.717, 1.165) is 36.0 Å². The second-order valence-corrected chi connectivity index (χ2v) is 6.52. The van der Waals surface area contributed by atoms with Gasteiger partial charge in [-0.05, 0) is 32.1 Å². The van der Waals surface area contributed by atoms with Crippen LogP contribution in [-0.4, -0.2) is 19.5 Å². The Balaban J connectivity index is 0.00000144. The van der Waals surface area contributed by atoms with E-state index >= 15 is 0 Å². The summed E-state index contributed by atoms with van der Waals surface area (Å²) >= 11 is 0. The van der Waals surface area contributed by atoms with Gasteiger partial charge < -0.3 is 5.73 Å². The van der Waals surface area contributed by atoms with Crippen molar-refractivity contribution in [1.82, 2.24) is 19.5 Å². The van der Waals surface area contributed by atoms with E-state index in [2.05, 4.69) is 6.92 Å². The fourth-order valence-corrected chi connectivity index (χ4v) is 3.51. The van der Waals surface area contributed by atoms with Gasteiger partial charge in [0.05, 0.1) is 5.69 Å². The van der Waals surface area contributed by atoms with Crippen molar-refractivity contribution < 1.29 is 0 Å². The van der Waals surface area contributed by atoms with E-state index in [1.807, 2.05) is 4.57 Å². The van der Waals surface area contributed by atoms with Crippen LogP contribution in [0.3, 0.4) is 0 Å². The smallest absolute Gasteiger partial charge is 0.202 e. The molecule has 0 atom stereocenters. The van der Waals surface area contributed by atoms with Crippen molar-refractivity contribution in [2.24, 2.45) is 0 Å². The number of hydrogen-bond donors (Lipinski definition) is 1. The molecule has 0 saturated heterocycles. The van der Waals surface area contributed by atoms with Crippen molar-refractivity contribution in [3.05, 3.63) is 11.5 Å². The molecule has 0 aromatic carbocycles. The molecule has 2 N–H and O–H groups in total. The lowest BCUT2D eigenvalue weighted by atomic mass is 10.0. The van der Waals surface area contributed by atoms with Crippen LogP contribution < -0.4 is 5.73 Å². The van der Waals surface area contributed by atoms with Crippen LogP contribution in [0.2, 0.25) is 0 Å². The molecule has 2 saturated carbocycles. The monoisotopic (exact) mass is 321 g/mol. The minimum atomic E-state index is 0. The second-order valence-electron chi connectivity index (χ2n) is 6.52. The molecule has 0 spiro atoms. The maximum absolute atomic E-state index is 6.23. The first kappa shape index (κ1) is 15.5. The summed E-state index contributed by atoms with van der Waals surface area (Å²) in [5.74, 6) is 3.68. The maximum Gasteiger partial charge on any atom is 0.202 e. The average Bonchev–Trinajstić information content (AvgIpc) is 3.02. The van der Waals surface area contributed by atoms with Gasteiger partial charge in [0, 0.05) is 18.4 Å². The number of fused-ring (bicyclic) bond motifs is 1. The molecular formula is C16H24ClN5. The average molecular weight is 322 g/mol. The van der Waals surface area contributed by atoms with E-state index in [1.54, 1.807) is 0 Å².